The van der Waals surface area contributed by atoms with Crippen LogP contribution in [0.2, 0.25) is 0 Å². The molecule has 0 spiro atoms. The minimum atomic E-state index is -3.76. The average molecular weight is 320 g/mol. The molecule has 3 N–H and O–H groups in total. The number of hydrogen-bond donors (Lipinski definition) is 3. The Morgan fingerprint density at radius 2 is 2.10 bits per heavy atom. The number of hydrogen-bond acceptors (Lipinski definition) is 6. The number of ether oxygens (including phenoxy) is 1. The van der Waals surface area contributed by atoms with E-state index in [0.29, 0.717) is 25.5 Å². The molecule has 0 aliphatic carbocycles. The van der Waals surface area contributed by atoms with E-state index in [-0.39, 0.29) is 17.6 Å². The first-order chi connectivity index (χ1) is 9.90. The second-order valence-corrected chi connectivity index (χ2v) is 6.69. The highest BCUT2D eigenvalue weighted by Crippen LogP contribution is 2.15. The topological polar surface area (TPSA) is 101 Å². The van der Waals surface area contributed by atoms with E-state index >= 15 is 0 Å². The van der Waals surface area contributed by atoms with E-state index in [1.165, 1.54) is 6.07 Å². The van der Waals surface area contributed by atoms with Crippen LogP contribution in [0.4, 0.5) is 0 Å². The van der Waals surface area contributed by atoms with Gasteiger partial charge in [0.25, 0.3) is 10.0 Å². The largest absolute Gasteiger partial charge is 0.447 e. The van der Waals surface area contributed by atoms with Gasteiger partial charge in [-0.25, -0.2) is 13.1 Å². The molecule has 1 aromatic rings. The smallest absolute Gasteiger partial charge is 0.274 e. The Hall–Kier alpha value is -0.930. The van der Waals surface area contributed by atoms with Gasteiger partial charge in [-0.2, -0.15) is 0 Å². The second kappa shape index (κ2) is 8.50. The summed E-state index contributed by atoms with van der Waals surface area (Å²) >= 11 is 0. The molecule has 8 heteroatoms. The summed E-state index contributed by atoms with van der Waals surface area (Å²) in [4.78, 5) is 0. The number of nitrogens with one attached hydrogen (secondary N) is 2. The van der Waals surface area contributed by atoms with Crippen LogP contribution in [0, 0.1) is 5.92 Å². The van der Waals surface area contributed by atoms with Gasteiger partial charge in [0.15, 0.2) is 0 Å². The highest BCUT2D eigenvalue weighted by atomic mass is 32.2. The van der Waals surface area contributed by atoms with Crippen molar-refractivity contribution in [3.8, 4) is 0 Å². The Bertz CT molecular complexity index is 512. The molecule has 1 atom stereocenters. The zero-order valence-corrected chi connectivity index (χ0v) is 13.4. The summed E-state index contributed by atoms with van der Waals surface area (Å²) in [5, 5.41) is 12.1. The molecule has 0 unspecified atom stereocenters. The molecule has 1 heterocycles. The normalized spacial score (nSPS) is 13.8. The first-order valence-electron chi connectivity index (χ1n) is 6.82. The van der Waals surface area contributed by atoms with Crippen LogP contribution in [0.1, 0.15) is 19.6 Å². The van der Waals surface area contributed by atoms with E-state index < -0.39 is 16.1 Å². The summed E-state index contributed by atoms with van der Waals surface area (Å²) in [6.07, 6.45) is 0. The van der Waals surface area contributed by atoms with Gasteiger partial charge in [0.1, 0.15) is 5.76 Å². The van der Waals surface area contributed by atoms with Crippen LogP contribution in [0.5, 0.6) is 0 Å². The van der Waals surface area contributed by atoms with Gasteiger partial charge in [0.2, 0.25) is 5.09 Å². The molecule has 0 aliphatic heterocycles. The van der Waals surface area contributed by atoms with Crippen molar-refractivity contribution >= 4 is 10.0 Å². The third-order valence-corrected chi connectivity index (χ3v) is 4.35. The van der Waals surface area contributed by atoms with Gasteiger partial charge < -0.3 is 19.6 Å². The van der Waals surface area contributed by atoms with Crippen molar-refractivity contribution in [2.75, 3.05) is 26.9 Å². The summed E-state index contributed by atoms with van der Waals surface area (Å²) in [6, 6.07) is 2.48. The van der Waals surface area contributed by atoms with Gasteiger partial charge in [-0.3, -0.25) is 0 Å². The summed E-state index contributed by atoms with van der Waals surface area (Å²) in [5.41, 5.74) is 0. The number of aliphatic hydroxyl groups excluding tert-OH is 1. The zero-order chi connectivity index (χ0) is 15.9. The fourth-order valence-corrected chi connectivity index (χ4v) is 2.95. The lowest BCUT2D eigenvalue weighted by Gasteiger charge is -2.18. The quantitative estimate of drug-likeness (QED) is 0.537. The maximum atomic E-state index is 12.1. The Labute approximate surface area is 125 Å². The molecular formula is C13H24N2O5S. The Morgan fingerprint density at radius 1 is 1.38 bits per heavy atom. The molecule has 1 rings (SSSR count). The maximum absolute atomic E-state index is 12.1. The lowest BCUT2D eigenvalue weighted by atomic mass is 10.1. The Morgan fingerprint density at radius 3 is 2.67 bits per heavy atom. The van der Waals surface area contributed by atoms with Crippen molar-refractivity contribution < 1.29 is 22.7 Å². The molecule has 0 saturated heterocycles. The summed E-state index contributed by atoms with van der Waals surface area (Å²) in [7, 11) is -2.15. The molecule has 122 valence electrons. The number of methoxy groups -OCH3 is 1. The van der Waals surface area contributed by atoms with Crippen LogP contribution in [0.15, 0.2) is 21.6 Å². The summed E-state index contributed by atoms with van der Waals surface area (Å²) in [6.45, 7) is 5.04. The van der Waals surface area contributed by atoms with Crippen LogP contribution in [0.25, 0.3) is 0 Å². The standard InChI is InChI=1S/C13H24N2O5S/c1-10(2)12(9-16)15-21(17,18)13-5-4-11(20-13)8-14-6-7-19-3/h4-5,10,12,14-16H,6-9H2,1-3H3/t12-/m1/s1. The van der Waals surface area contributed by atoms with Crippen molar-refractivity contribution in [2.24, 2.45) is 5.92 Å². The lowest BCUT2D eigenvalue weighted by molar-refractivity contribution is 0.198. The van der Waals surface area contributed by atoms with E-state index in [4.69, 9.17) is 9.15 Å². The van der Waals surface area contributed by atoms with Crippen LogP contribution in [-0.4, -0.2) is 46.4 Å². The van der Waals surface area contributed by atoms with Crippen molar-refractivity contribution in [3.05, 3.63) is 17.9 Å². The van der Waals surface area contributed by atoms with Gasteiger partial charge in [-0.1, -0.05) is 13.8 Å². The van der Waals surface area contributed by atoms with E-state index in [9.17, 15) is 13.5 Å². The maximum Gasteiger partial charge on any atom is 0.274 e. The van der Waals surface area contributed by atoms with Crippen molar-refractivity contribution in [1.29, 1.82) is 0 Å². The van der Waals surface area contributed by atoms with Crippen molar-refractivity contribution in [2.45, 2.75) is 31.5 Å². The lowest BCUT2D eigenvalue weighted by Crippen LogP contribution is -2.40. The van der Waals surface area contributed by atoms with Gasteiger partial charge in [-0.15, -0.1) is 0 Å². The molecule has 0 fully saturated rings. The average Bonchev–Trinajstić information content (AvgIpc) is 2.90. The van der Waals surface area contributed by atoms with Crippen LogP contribution >= 0.6 is 0 Å². The SMILES string of the molecule is COCCNCc1ccc(S(=O)(=O)N[C@H](CO)C(C)C)o1. The number of aliphatic hydroxyl groups is 1. The Balaban J connectivity index is 2.65. The van der Waals surface area contributed by atoms with Crippen LogP contribution in [-0.2, 0) is 21.3 Å². The number of rotatable bonds is 10. The summed E-state index contributed by atoms with van der Waals surface area (Å²) in [5.74, 6) is 0.506. The zero-order valence-electron chi connectivity index (χ0n) is 12.6. The second-order valence-electron chi connectivity index (χ2n) is 5.04. The molecule has 21 heavy (non-hydrogen) atoms. The van der Waals surface area contributed by atoms with Gasteiger partial charge in [-0.05, 0) is 18.1 Å². The highest BCUT2D eigenvalue weighted by molar-refractivity contribution is 7.89. The molecule has 1 aromatic heterocycles. The summed E-state index contributed by atoms with van der Waals surface area (Å²) < 4.78 is 36.9. The minimum absolute atomic E-state index is 0.0186. The monoisotopic (exact) mass is 320 g/mol. The molecule has 0 saturated carbocycles. The third kappa shape index (κ3) is 5.76. The fourth-order valence-electron chi connectivity index (χ4n) is 1.63. The highest BCUT2D eigenvalue weighted by Gasteiger charge is 2.24. The van der Waals surface area contributed by atoms with Gasteiger partial charge in [0, 0.05) is 19.7 Å². The molecule has 0 amide bonds. The predicted octanol–water partition coefficient (Wildman–Crippen LogP) is 0.311. The predicted molar refractivity (Wildman–Crippen MR) is 78.3 cm³/mol. The van der Waals surface area contributed by atoms with Crippen molar-refractivity contribution in [1.82, 2.24) is 10.0 Å². The first-order valence-corrected chi connectivity index (χ1v) is 8.30. The van der Waals surface area contributed by atoms with Crippen molar-refractivity contribution in [3.63, 3.8) is 0 Å². The molecule has 0 bridgehead atoms. The first kappa shape index (κ1) is 18.1. The minimum Gasteiger partial charge on any atom is -0.447 e. The fraction of sp³-hybridized carbons (Fsp3) is 0.692. The van der Waals surface area contributed by atoms with E-state index in [1.807, 2.05) is 13.8 Å². The number of furan rings is 1. The molecule has 7 nitrogen and oxygen atoms in total. The molecule has 0 aliphatic rings. The van der Waals surface area contributed by atoms with E-state index in [1.54, 1.807) is 13.2 Å². The van der Waals surface area contributed by atoms with E-state index in [0.717, 1.165) is 0 Å². The molecule has 0 radical (unpaired) electrons. The van der Waals surface area contributed by atoms with Gasteiger partial charge >= 0.3 is 0 Å². The van der Waals surface area contributed by atoms with E-state index in [2.05, 4.69) is 10.0 Å². The molecule has 0 aromatic carbocycles. The van der Waals surface area contributed by atoms with Crippen LogP contribution < -0.4 is 10.0 Å². The number of sulfonamides is 1. The van der Waals surface area contributed by atoms with Gasteiger partial charge in [0.05, 0.1) is 19.8 Å². The Kier molecular flexibility index (Phi) is 7.33. The third-order valence-electron chi connectivity index (χ3n) is 2.99. The molecular weight excluding hydrogens is 296 g/mol. The van der Waals surface area contributed by atoms with Crippen LogP contribution in [0.3, 0.4) is 0 Å².